The van der Waals surface area contributed by atoms with Gasteiger partial charge in [0.2, 0.25) is 0 Å². The third kappa shape index (κ3) is 4.03. The highest BCUT2D eigenvalue weighted by Gasteiger charge is 2.30. The zero-order valence-corrected chi connectivity index (χ0v) is 11.7. The first-order valence-electron chi connectivity index (χ1n) is 5.15. The number of nitrogens with two attached hydrogens (primary N) is 1. The van der Waals surface area contributed by atoms with Crippen molar-refractivity contribution in [3.8, 4) is 5.75 Å². The molecule has 0 bridgehead atoms. The maximum Gasteiger partial charge on any atom is 0.120 e. The smallest absolute Gasteiger partial charge is 0.120 e. The lowest BCUT2D eigenvalue weighted by molar-refractivity contribution is 0.0395. The number of benzene rings is 1. The number of hydrogen-bond donors (Lipinski definition) is 3. The Morgan fingerprint density at radius 3 is 2.29 bits per heavy atom. The Labute approximate surface area is 113 Å². The number of aliphatic hydroxyl groups is 1. The van der Waals surface area contributed by atoms with E-state index in [1.807, 2.05) is 20.8 Å². The number of aromatic hydroxyl groups is 1. The second kappa shape index (κ2) is 5.91. The largest absolute Gasteiger partial charge is 0.508 e. The Kier molecular flexibility index (Phi) is 5.75. The number of rotatable bonds is 2. The van der Waals surface area contributed by atoms with E-state index in [0.717, 1.165) is 0 Å². The second-order valence-corrected chi connectivity index (χ2v) is 5.48. The molecule has 4 N–H and O–H groups in total. The van der Waals surface area contributed by atoms with Gasteiger partial charge < -0.3 is 15.9 Å². The molecule has 0 spiro atoms. The van der Waals surface area contributed by atoms with Crippen LogP contribution in [0.2, 0.25) is 5.02 Å². The number of halogens is 2. The lowest BCUT2D eigenvalue weighted by Gasteiger charge is -2.31. The fraction of sp³-hybridized carbons (Fsp3) is 0.500. The van der Waals surface area contributed by atoms with Gasteiger partial charge in [0.15, 0.2) is 0 Å². The van der Waals surface area contributed by atoms with E-state index in [4.69, 9.17) is 17.3 Å². The SMILES string of the molecule is CC(C)(C)[C@@H](O)[C@@H](N)c1cc(Cl)ccc1O.Cl. The van der Waals surface area contributed by atoms with Crippen LogP contribution in [-0.4, -0.2) is 16.3 Å². The standard InChI is InChI=1S/C12H18ClNO2.ClH/c1-12(2,3)11(16)10(14)8-6-7(13)4-5-9(8)15;/h4-6,10-11,15-16H,14H2,1-3H3;1H/t10-,11-;/m0./s1. The van der Waals surface area contributed by atoms with E-state index in [2.05, 4.69) is 0 Å². The minimum absolute atomic E-state index is 0. The van der Waals surface area contributed by atoms with E-state index in [9.17, 15) is 10.2 Å². The van der Waals surface area contributed by atoms with Crippen molar-refractivity contribution in [2.24, 2.45) is 11.1 Å². The van der Waals surface area contributed by atoms with Crippen molar-refractivity contribution >= 4 is 24.0 Å². The van der Waals surface area contributed by atoms with Gasteiger partial charge in [-0.3, -0.25) is 0 Å². The zero-order valence-electron chi connectivity index (χ0n) is 10.1. The third-order valence-electron chi connectivity index (χ3n) is 2.58. The molecule has 5 heteroatoms. The average molecular weight is 280 g/mol. The van der Waals surface area contributed by atoms with Crippen LogP contribution in [0.4, 0.5) is 0 Å². The lowest BCUT2D eigenvalue weighted by atomic mass is 9.82. The van der Waals surface area contributed by atoms with E-state index in [-0.39, 0.29) is 23.6 Å². The predicted octanol–water partition coefficient (Wildman–Crippen LogP) is 2.87. The molecule has 1 rings (SSSR count). The molecule has 1 aromatic carbocycles. The van der Waals surface area contributed by atoms with Crippen molar-refractivity contribution in [2.45, 2.75) is 32.9 Å². The molecule has 0 heterocycles. The maximum atomic E-state index is 10.0. The quantitative estimate of drug-likeness (QED) is 0.780. The first-order chi connectivity index (χ1) is 7.23. The Morgan fingerprint density at radius 2 is 1.82 bits per heavy atom. The third-order valence-corrected chi connectivity index (χ3v) is 2.81. The van der Waals surface area contributed by atoms with Crippen LogP contribution < -0.4 is 5.73 Å². The summed E-state index contributed by atoms with van der Waals surface area (Å²) in [6.45, 7) is 5.66. The second-order valence-electron chi connectivity index (χ2n) is 5.04. The highest BCUT2D eigenvalue weighted by Crippen LogP contribution is 2.33. The van der Waals surface area contributed by atoms with Gasteiger partial charge in [-0.1, -0.05) is 32.4 Å². The first kappa shape index (κ1) is 16.5. The molecule has 0 amide bonds. The molecule has 0 fully saturated rings. The van der Waals surface area contributed by atoms with Crippen LogP contribution in [0, 0.1) is 5.41 Å². The topological polar surface area (TPSA) is 66.5 Å². The zero-order chi connectivity index (χ0) is 12.5. The van der Waals surface area contributed by atoms with Crippen molar-refractivity contribution in [3.63, 3.8) is 0 Å². The molecule has 0 aliphatic carbocycles. The number of phenolic OH excluding ortho intramolecular Hbond substituents is 1. The van der Waals surface area contributed by atoms with Crippen molar-refractivity contribution in [3.05, 3.63) is 28.8 Å². The molecule has 98 valence electrons. The summed E-state index contributed by atoms with van der Waals surface area (Å²) in [6.07, 6.45) is -0.753. The lowest BCUT2D eigenvalue weighted by Crippen LogP contribution is -2.37. The molecule has 0 unspecified atom stereocenters. The summed E-state index contributed by atoms with van der Waals surface area (Å²) < 4.78 is 0. The van der Waals surface area contributed by atoms with Crippen LogP contribution in [0.15, 0.2) is 18.2 Å². The van der Waals surface area contributed by atoms with Crippen molar-refractivity contribution in [1.82, 2.24) is 0 Å². The fourth-order valence-electron chi connectivity index (χ4n) is 1.50. The van der Waals surface area contributed by atoms with Crippen LogP contribution in [0.25, 0.3) is 0 Å². The van der Waals surface area contributed by atoms with E-state index < -0.39 is 12.1 Å². The van der Waals surface area contributed by atoms with Crippen LogP contribution in [-0.2, 0) is 0 Å². The minimum Gasteiger partial charge on any atom is -0.508 e. The first-order valence-corrected chi connectivity index (χ1v) is 5.53. The van der Waals surface area contributed by atoms with Gasteiger partial charge in [0.25, 0.3) is 0 Å². The number of hydrogen-bond acceptors (Lipinski definition) is 3. The van der Waals surface area contributed by atoms with Crippen molar-refractivity contribution in [1.29, 1.82) is 0 Å². The highest BCUT2D eigenvalue weighted by molar-refractivity contribution is 6.30. The van der Waals surface area contributed by atoms with E-state index >= 15 is 0 Å². The van der Waals surface area contributed by atoms with Crippen LogP contribution in [0.5, 0.6) is 5.75 Å². The normalized spacial score (nSPS) is 14.9. The Balaban J connectivity index is 0.00000256. The molecule has 0 radical (unpaired) electrons. The summed E-state index contributed by atoms with van der Waals surface area (Å²) >= 11 is 5.83. The van der Waals surface area contributed by atoms with Crippen molar-refractivity contribution < 1.29 is 10.2 Å². The Hall–Kier alpha value is -0.480. The van der Waals surface area contributed by atoms with E-state index in [1.54, 1.807) is 12.1 Å². The molecule has 0 saturated heterocycles. The van der Waals surface area contributed by atoms with Crippen LogP contribution in [0.1, 0.15) is 32.4 Å². The number of aliphatic hydroxyl groups excluding tert-OH is 1. The van der Waals surface area contributed by atoms with Gasteiger partial charge in [-0.25, -0.2) is 0 Å². The molecular weight excluding hydrogens is 261 g/mol. The summed E-state index contributed by atoms with van der Waals surface area (Å²) in [6, 6.07) is 3.98. The average Bonchev–Trinajstić information content (AvgIpc) is 2.18. The molecule has 1 aromatic rings. The summed E-state index contributed by atoms with van der Waals surface area (Å²) in [5, 5.41) is 20.2. The molecule has 0 aliphatic rings. The summed E-state index contributed by atoms with van der Waals surface area (Å²) in [4.78, 5) is 0. The summed E-state index contributed by atoms with van der Waals surface area (Å²) in [5.41, 5.74) is 6.04. The van der Waals surface area contributed by atoms with E-state index in [0.29, 0.717) is 10.6 Å². The Bertz CT molecular complexity index is 377. The molecule has 0 aliphatic heterocycles. The van der Waals surface area contributed by atoms with E-state index in [1.165, 1.54) is 6.07 Å². The maximum absolute atomic E-state index is 10.0. The highest BCUT2D eigenvalue weighted by atomic mass is 35.5. The molecule has 2 atom stereocenters. The Morgan fingerprint density at radius 1 is 1.29 bits per heavy atom. The van der Waals surface area contributed by atoms with Gasteiger partial charge in [0.1, 0.15) is 5.75 Å². The fourth-order valence-corrected chi connectivity index (χ4v) is 1.68. The summed E-state index contributed by atoms with van der Waals surface area (Å²) in [7, 11) is 0. The van der Waals surface area contributed by atoms with Gasteiger partial charge in [-0.05, 0) is 23.6 Å². The number of phenols is 1. The molecule has 0 aromatic heterocycles. The summed E-state index contributed by atoms with van der Waals surface area (Å²) in [5.74, 6) is 0.0557. The molecule has 3 nitrogen and oxygen atoms in total. The van der Waals surface area contributed by atoms with Gasteiger partial charge in [-0.15, -0.1) is 12.4 Å². The monoisotopic (exact) mass is 279 g/mol. The van der Waals surface area contributed by atoms with Gasteiger partial charge in [0.05, 0.1) is 12.1 Å². The molecule has 0 saturated carbocycles. The van der Waals surface area contributed by atoms with Gasteiger partial charge in [-0.2, -0.15) is 0 Å². The van der Waals surface area contributed by atoms with Gasteiger partial charge in [0, 0.05) is 10.6 Å². The van der Waals surface area contributed by atoms with Crippen LogP contribution >= 0.6 is 24.0 Å². The van der Waals surface area contributed by atoms with Crippen molar-refractivity contribution in [2.75, 3.05) is 0 Å². The molecular formula is C12H19Cl2NO2. The molecule has 17 heavy (non-hydrogen) atoms. The van der Waals surface area contributed by atoms with Gasteiger partial charge >= 0.3 is 0 Å². The van der Waals surface area contributed by atoms with Crippen LogP contribution in [0.3, 0.4) is 0 Å². The minimum atomic E-state index is -0.753. The predicted molar refractivity (Wildman–Crippen MR) is 72.8 cm³/mol.